The Hall–Kier alpha value is 0.352. The normalized spacial score (nSPS) is 8.46. The van der Waals surface area contributed by atoms with E-state index in [0.717, 1.165) is 0 Å². The van der Waals surface area contributed by atoms with Crippen molar-refractivity contribution in [2.45, 2.75) is 6.92 Å². The van der Waals surface area contributed by atoms with Gasteiger partial charge in [0.25, 0.3) is 0 Å². The van der Waals surface area contributed by atoms with E-state index in [9.17, 15) is 13.2 Å². The van der Waals surface area contributed by atoms with Crippen LogP contribution < -0.4 is 0 Å². The van der Waals surface area contributed by atoms with E-state index in [2.05, 4.69) is 6.07 Å². The van der Waals surface area contributed by atoms with Gasteiger partial charge in [0.15, 0.2) is 6.68 Å². The second kappa shape index (κ2) is 8.93. The van der Waals surface area contributed by atoms with E-state index in [1.807, 2.05) is 25.1 Å². The molecule has 1 aromatic carbocycles. The maximum atomic E-state index is 9.58. The zero-order valence-electron chi connectivity index (χ0n) is 6.74. The predicted octanol–water partition coefficient (Wildman–Crippen LogP) is 3.79. The van der Waals surface area contributed by atoms with Gasteiger partial charge < -0.3 is 13.2 Å². The predicted molar refractivity (Wildman–Crippen MR) is 41.6 cm³/mol. The van der Waals surface area contributed by atoms with E-state index in [1.165, 1.54) is 5.56 Å². The number of hydrogen-bond donors (Lipinski definition) is 0. The minimum Gasteiger partial charge on any atom is -0.385 e. The summed E-state index contributed by atoms with van der Waals surface area (Å²) in [5, 5.41) is 0.685. The van der Waals surface area contributed by atoms with E-state index < -0.39 is 6.68 Å². The van der Waals surface area contributed by atoms with Gasteiger partial charge >= 0.3 is 31.1 Å². The molecule has 0 aromatic heterocycles. The van der Waals surface area contributed by atoms with Gasteiger partial charge in [0.2, 0.25) is 0 Å². The van der Waals surface area contributed by atoms with Crippen molar-refractivity contribution in [2.75, 3.05) is 0 Å². The first kappa shape index (κ1) is 15.8. The van der Waals surface area contributed by atoms with Gasteiger partial charge in [-0.25, -0.2) is 0 Å². The molecule has 0 N–H and O–H groups in total. The average molecular weight is 433 g/mol. The first-order chi connectivity index (χ1) is 5.52. The number of aryl methyl sites for hydroxylation is 1. The molecule has 0 saturated carbocycles. The molecule has 0 bridgehead atoms. The summed E-state index contributed by atoms with van der Waals surface area (Å²) in [6.07, 6.45) is 0. The van der Waals surface area contributed by atoms with E-state index in [1.54, 1.807) is 0 Å². The molecule has 0 spiro atoms. The number of hydrogen-bond acceptors (Lipinski definition) is 0. The third-order valence-electron chi connectivity index (χ3n) is 0.922. The SMILES string of the molecule is Cc1cc[c-]c(Cl)c1.F[C-](F)F.[U+2]. The van der Waals surface area contributed by atoms with Crippen LogP contribution in [0, 0.1) is 50.8 Å². The van der Waals surface area contributed by atoms with Crippen molar-refractivity contribution in [3.05, 3.63) is 41.5 Å². The molecule has 0 fully saturated rings. The largest absolute Gasteiger partial charge is 2.00 e. The maximum absolute atomic E-state index is 9.58. The molecule has 0 aliphatic carbocycles. The summed E-state index contributed by atoms with van der Waals surface area (Å²) in [7, 11) is 0. The first-order valence-electron chi connectivity index (χ1n) is 2.99. The van der Waals surface area contributed by atoms with Crippen LogP contribution in [-0.2, 0) is 0 Å². The fourth-order valence-corrected chi connectivity index (χ4v) is 0.777. The summed E-state index contributed by atoms with van der Waals surface area (Å²) in [5.41, 5.74) is 1.17. The maximum Gasteiger partial charge on any atom is 2.00 e. The first-order valence-corrected chi connectivity index (χ1v) is 3.37. The van der Waals surface area contributed by atoms with Crippen LogP contribution in [0.5, 0.6) is 0 Å². The summed E-state index contributed by atoms with van der Waals surface area (Å²) in [5.74, 6) is 0. The van der Waals surface area contributed by atoms with Crippen LogP contribution in [-0.4, -0.2) is 0 Å². The zero-order chi connectivity index (χ0) is 9.56. The van der Waals surface area contributed by atoms with Crippen molar-refractivity contribution in [3.63, 3.8) is 0 Å². The number of halogens is 4. The standard InChI is InChI=1S/C7H6Cl.CF3.U/c1-6-3-2-4-7(8)5-6;2-1(3)4;/h2-3,5H,1H3;;/q2*-1;+2. The molecule has 1 rings (SSSR count). The van der Waals surface area contributed by atoms with Gasteiger partial charge in [0.1, 0.15) is 0 Å². The molecule has 13 heavy (non-hydrogen) atoms. The van der Waals surface area contributed by atoms with Crippen LogP contribution in [0.2, 0.25) is 5.02 Å². The monoisotopic (exact) mass is 432 g/mol. The minimum absolute atomic E-state index is 0. The zero-order valence-corrected chi connectivity index (χ0v) is 11.7. The van der Waals surface area contributed by atoms with Crippen molar-refractivity contribution < 1.29 is 44.3 Å². The van der Waals surface area contributed by atoms with Crippen LogP contribution in [0.15, 0.2) is 18.2 Å². The Morgan fingerprint density at radius 1 is 1.38 bits per heavy atom. The van der Waals surface area contributed by atoms with Gasteiger partial charge in [0, 0.05) is 0 Å². The van der Waals surface area contributed by atoms with Crippen LogP contribution in [0.1, 0.15) is 5.56 Å². The molecule has 0 atom stereocenters. The molecule has 0 aliphatic heterocycles. The van der Waals surface area contributed by atoms with E-state index in [0.29, 0.717) is 5.02 Å². The summed E-state index contributed by atoms with van der Waals surface area (Å²) < 4.78 is 28.8. The molecule has 70 valence electrons. The van der Waals surface area contributed by atoms with Gasteiger partial charge in [0.05, 0.1) is 0 Å². The van der Waals surface area contributed by atoms with Crippen molar-refractivity contribution in [1.82, 2.24) is 0 Å². The third kappa shape index (κ3) is 12.4. The molecule has 0 nitrogen and oxygen atoms in total. The van der Waals surface area contributed by atoms with Gasteiger partial charge in [-0.3, -0.25) is 0 Å². The molecule has 5 heteroatoms. The van der Waals surface area contributed by atoms with Crippen molar-refractivity contribution >= 4 is 11.6 Å². The number of rotatable bonds is 0. The van der Waals surface area contributed by atoms with Gasteiger partial charge in [-0.15, -0.1) is 17.7 Å². The Bertz CT molecular complexity index is 210. The third-order valence-corrected chi connectivity index (χ3v) is 1.14. The Morgan fingerprint density at radius 3 is 2.08 bits per heavy atom. The Kier molecular flexibility index (Phi) is 10.9. The van der Waals surface area contributed by atoms with Crippen LogP contribution in [0.4, 0.5) is 13.2 Å². The molecular weight excluding hydrogens is 427 g/mol. The summed E-state index contributed by atoms with van der Waals surface area (Å²) >= 11 is 5.59. The molecule has 0 aliphatic rings. The summed E-state index contributed by atoms with van der Waals surface area (Å²) in [6, 6.07) is 8.50. The van der Waals surface area contributed by atoms with Crippen LogP contribution >= 0.6 is 11.6 Å². The summed E-state index contributed by atoms with van der Waals surface area (Å²) in [6.45, 7) is -1.08. The van der Waals surface area contributed by atoms with E-state index >= 15 is 0 Å². The average Bonchev–Trinajstić information content (AvgIpc) is 1.84. The second-order valence-electron chi connectivity index (χ2n) is 1.93. The van der Waals surface area contributed by atoms with Crippen molar-refractivity contribution in [3.8, 4) is 0 Å². The van der Waals surface area contributed by atoms with Crippen molar-refractivity contribution in [1.29, 1.82) is 0 Å². The van der Waals surface area contributed by atoms with E-state index in [4.69, 9.17) is 11.6 Å². The van der Waals surface area contributed by atoms with Gasteiger partial charge in [-0.05, 0) is 0 Å². The van der Waals surface area contributed by atoms with Gasteiger partial charge in [-0.1, -0.05) is 11.9 Å². The summed E-state index contributed by atoms with van der Waals surface area (Å²) in [4.78, 5) is 0. The van der Waals surface area contributed by atoms with Gasteiger partial charge in [-0.2, -0.15) is 23.8 Å². The molecule has 0 radical (unpaired) electrons. The van der Waals surface area contributed by atoms with Crippen LogP contribution in [0.25, 0.3) is 0 Å². The molecule has 0 saturated heterocycles. The Labute approximate surface area is 104 Å². The minimum atomic E-state index is -3.08. The number of benzene rings is 1. The molecular formula is C8H6ClF3U. The topological polar surface area (TPSA) is 0 Å². The van der Waals surface area contributed by atoms with Crippen LogP contribution in [0.3, 0.4) is 0 Å². The second-order valence-corrected chi connectivity index (χ2v) is 2.34. The molecule has 0 heterocycles. The molecule has 1 aromatic rings. The fourth-order valence-electron chi connectivity index (χ4n) is 0.542. The Balaban J connectivity index is 0. The Morgan fingerprint density at radius 2 is 1.85 bits per heavy atom. The smallest absolute Gasteiger partial charge is 0.385 e. The fraction of sp³-hybridized carbons (Fsp3) is 0.125. The molecule has 0 amide bonds. The van der Waals surface area contributed by atoms with Crippen molar-refractivity contribution in [2.24, 2.45) is 0 Å². The quantitative estimate of drug-likeness (QED) is 0.547. The van der Waals surface area contributed by atoms with E-state index in [-0.39, 0.29) is 31.1 Å². The molecule has 0 unspecified atom stereocenters.